The van der Waals surface area contributed by atoms with Gasteiger partial charge in [-0.2, -0.15) is 0 Å². The highest BCUT2D eigenvalue weighted by atomic mass is 35.5. The van der Waals surface area contributed by atoms with Gasteiger partial charge in [-0.25, -0.2) is 12.8 Å². The monoisotopic (exact) mass is 281 g/mol. The van der Waals surface area contributed by atoms with Gasteiger partial charge in [-0.3, -0.25) is 10.1 Å². The smallest absolute Gasteiger partial charge is 0.258 e. The van der Waals surface area contributed by atoms with Crippen LogP contribution in [0.5, 0.6) is 0 Å². The van der Waals surface area contributed by atoms with Crippen LogP contribution >= 0.6 is 11.6 Å². The Bertz CT molecular complexity index is 558. The number of nitrogens with zero attached hydrogens (tertiary/aromatic N) is 1. The Balaban J connectivity index is 3.52. The third-order valence-corrected chi connectivity index (χ3v) is 4.27. The van der Waals surface area contributed by atoms with Gasteiger partial charge in [0.2, 0.25) is 0 Å². The molecule has 0 amide bonds. The standard InChI is InChI=1S/C9H9ClFNO4S/c1-6-4-9(17(15,16)3-2-10)8(12(13)14)5-7(6)11/h4-5H,2-3H2,1H3. The molecule has 0 aliphatic carbocycles. The predicted molar refractivity (Wildman–Crippen MR) is 60.6 cm³/mol. The molecule has 0 aliphatic heterocycles. The van der Waals surface area contributed by atoms with Gasteiger partial charge in [0.25, 0.3) is 5.69 Å². The van der Waals surface area contributed by atoms with E-state index >= 15 is 0 Å². The van der Waals surface area contributed by atoms with Crippen LogP contribution in [0, 0.1) is 22.9 Å². The van der Waals surface area contributed by atoms with E-state index in [1.165, 1.54) is 6.92 Å². The molecule has 0 N–H and O–H groups in total. The second-order valence-electron chi connectivity index (χ2n) is 3.33. The summed E-state index contributed by atoms with van der Waals surface area (Å²) in [6, 6.07) is 1.56. The van der Waals surface area contributed by atoms with E-state index < -0.39 is 36.9 Å². The highest BCUT2D eigenvalue weighted by Gasteiger charge is 2.27. The minimum atomic E-state index is -3.87. The Hall–Kier alpha value is -1.21. The van der Waals surface area contributed by atoms with Gasteiger partial charge in [0.15, 0.2) is 9.84 Å². The maximum atomic E-state index is 13.2. The number of rotatable bonds is 4. The first-order valence-electron chi connectivity index (χ1n) is 4.53. The van der Waals surface area contributed by atoms with Crippen LogP contribution in [-0.2, 0) is 9.84 Å². The number of halogens is 2. The summed E-state index contributed by atoms with van der Waals surface area (Å²) in [5, 5.41) is 10.7. The van der Waals surface area contributed by atoms with E-state index in [0.29, 0.717) is 6.07 Å². The molecule has 0 saturated carbocycles. The zero-order valence-electron chi connectivity index (χ0n) is 8.81. The molecule has 0 aliphatic rings. The van der Waals surface area contributed by atoms with Crippen LogP contribution in [0.25, 0.3) is 0 Å². The molecular weight excluding hydrogens is 273 g/mol. The fourth-order valence-electron chi connectivity index (χ4n) is 1.25. The van der Waals surface area contributed by atoms with Crippen LogP contribution in [-0.4, -0.2) is 25.0 Å². The molecule has 0 atom stereocenters. The molecule has 0 saturated heterocycles. The number of hydrogen-bond acceptors (Lipinski definition) is 4. The number of sulfone groups is 1. The third-order valence-electron chi connectivity index (χ3n) is 2.12. The van der Waals surface area contributed by atoms with Crippen LogP contribution < -0.4 is 0 Å². The van der Waals surface area contributed by atoms with Crippen molar-refractivity contribution in [1.29, 1.82) is 0 Å². The number of hydrogen-bond donors (Lipinski definition) is 0. The summed E-state index contributed by atoms with van der Waals surface area (Å²) in [5.41, 5.74) is -0.734. The molecule has 1 rings (SSSR count). The number of aryl methyl sites for hydroxylation is 1. The normalized spacial score (nSPS) is 11.5. The summed E-state index contributed by atoms with van der Waals surface area (Å²) >= 11 is 5.32. The van der Waals surface area contributed by atoms with Crippen molar-refractivity contribution in [2.24, 2.45) is 0 Å². The second-order valence-corrected chi connectivity index (χ2v) is 5.79. The summed E-state index contributed by atoms with van der Waals surface area (Å²) < 4.78 is 36.6. The van der Waals surface area contributed by atoms with Crippen molar-refractivity contribution < 1.29 is 17.7 Å². The summed E-state index contributed by atoms with van der Waals surface area (Å²) in [4.78, 5) is 9.25. The van der Waals surface area contributed by atoms with Gasteiger partial charge in [-0.15, -0.1) is 11.6 Å². The molecule has 17 heavy (non-hydrogen) atoms. The Kier molecular flexibility index (Phi) is 4.05. The second kappa shape index (κ2) is 4.97. The molecule has 1 aromatic rings. The first-order chi connectivity index (χ1) is 7.79. The Morgan fingerprint density at radius 2 is 2.06 bits per heavy atom. The topological polar surface area (TPSA) is 77.3 Å². The first kappa shape index (κ1) is 13.9. The van der Waals surface area contributed by atoms with Crippen molar-refractivity contribution in [3.8, 4) is 0 Å². The summed E-state index contributed by atoms with van der Waals surface area (Å²) in [7, 11) is -3.87. The zero-order chi connectivity index (χ0) is 13.2. The molecule has 0 unspecified atom stereocenters. The van der Waals surface area contributed by atoms with Gasteiger partial charge in [0, 0.05) is 5.88 Å². The molecule has 8 heteroatoms. The average Bonchev–Trinajstić information content (AvgIpc) is 2.20. The van der Waals surface area contributed by atoms with Crippen LogP contribution in [0.4, 0.5) is 10.1 Å². The maximum Gasteiger partial charge on any atom is 0.290 e. The highest BCUT2D eigenvalue weighted by molar-refractivity contribution is 7.91. The van der Waals surface area contributed by atoms with E-state index in [1.807, 2.05) is 0 Å². The van der Waals surface area contributed by atoms with Gasteiger partial charge in [0.1, 0.15) is 10.7 Å². The lowest BCUT2D eigenvalue weighted by molar-refractivity contribution is -0.388. The molecule has 0 aromatic heterocycles. The SMILES string of the molecule is Cc1cc(S(=O)(=O)CCCl)c([N+](=O)[O-])cc1F. The molecule has 0 spiro atoms. The molecule has 5 nitrogen and oxygen atoms in total. The number of alkyl halides is 1. The van der Waals surface area contributed by atoms with Gasteiger partial charge in [-0.1, -0.05) is 0 Å². The predicted octanol–water partition coefficient (Wildman–Crippen LogP) is 2.05. The van der Waals surface area contributed by atoms with Crippen molar-refractivity contribution >= 4 is 27.1 Å². The van der Waals surface area contributed by atoms with Crippen molar-refractivity contribution in [1.82, 2.24) is 0 Å². The van der Waals surface area contributed by atoms with Crippen LogP contribution in [0.1, 0.15) is 5.56 Å². The maximum absolute atomic E-state index is 13.2. The van der Waals surface area contributed by atoms with Gasteiger partial charge in [0.05, 0.1) is 16.7 Å². The highest BCUT2D eigenvalue weighted by Crippen LogP contribution is 2.27. The molecule has 1 aromatic carbocycles. The fraction of sp³-hybridized carbons (Fsp3) is 0.333. The van der Waals surface area contributed by atoms with Gasteiger partial charge >= 0.3 is 0 Å². The largest absolute Gasteiger partial charge is 0.290 e. The van der Waals surface area contributed by atoms with Crippen molar-refractivity contribution in [3.05, 3.63) is 33.6 Å². The minimum absolute atomic E-state index is 0.0312. The van der Waals surface area contributed by atoms with Gasteiger partial charge < -0.3 is 0 Å². The number of benzene rings is 1. The summed E-state index contributed by atoms with van der Waals surface area (Å²) in [5.74, 6) is -1.43. The Morgan fingerprint density at radius 3 is 2.53 bits per heavy atom. The molecular formula is C9H9ClFNO4S. The average molecular weight is 282 g/mol. The van der Waals surface area contributed by atoms with Gasteiger partial charge in [-0.05, 0) is 18.6 Å². The fourth-order valence-corrected chi connectivity index (χ4v) is 3.09. The first-order valence-corrected chi connectivity index (χ1v) is 6.71. The molecule has 0 bridgehead atoms. The molecule has 94 valence electrons. The lowest BCUT2D eigenvalue weighted by Crippen LogP contribution is -2.11. The quantitative estimate of drug-likeness (QED) is 0.366. The van der Waals surface area contributed by atoms with E-state index in [0.717, 1.165) is 6.07 Å². The molecule has 0 radical (unpaired) electrons. The minimum Gasteiger partial charge on any atom is -0.258 e. The van der Waals surface area contributed by atoms with E-state index in [2.05, 4.69) is 0 Å². The Morgan fingerprint density at radius 1 is 1.47 bits per heavy atom. The van der Waals surface area contributed by atoms with Crippen molar-refractivity contribution in [2.75, 3.05) is 11.6 Å². The van der Waals surface area contributed by atoms with Crippen molar-refractivity contribution in [3.63, 3.8) is 0 Å². The van der Waals surface area contributed by atoms with Crippen molar-refractivity contribution in [2.45, 2.75) is 11.8 Å². The van der Waals surface area contributed by atoms with E-state index in [-0.39, 0.29) is 11.4 Å². The lowest BCUT2D eigenvalue weighted by Gasteiger charge is -2.05. The van der Waals surface area contributed by atoms with E-state index in [9.17, 15) is 22.9 Å². The summed E-state index contributed by atoms with van der Waals surface area (Å²) in [6.45, 7) is 1.33. The van der Waals surface area contributed by atoms with E-state index in [1.54, 1.807) is 0 Å². The number of nitro groups is 1. The summed E-state index contributed by atoms with van der Waals surface area (Å²) in [6.07, 6.45) is 0. The van der Waals surface area contributed by atoms with E-state index in [4.69, 9.17) is 11.6 Å². The molecule has 0 fully saturated rings. The van der Waals surface area contributed by atoms with Crippen LogP contribution in [0.2, 0.25) is 0 Å². The Labute approximate surface area is 102 Å². The number of nitro benzene ring substituents is 1. The lowest BCUT2D eigenvalue weighted by atomic mass is 10.2. The van der Waals surface area contributed by atoms with Crippen LogP contribution in [0.3, 0.4) is 0 Å². The zero-order valence-corrected chi connectivity index (χ0v) is 10.4. The molecule has 0 heterocycles. The third kappa shape index (κ3) is 2.92. The van der Waals surface area contributed by atoms with Crippen LogP contribution in [0.15, 0.2) is 17.0 Å².